The molecule has 0 aromatic carbocycles. The standard InChI is InChI=1S/C18H35N5O3/c1-5-19-16(20-15-18(21(3)4)7-13-25-14-8-18)22-9-11-23(12-10-22)17(24)26-6-2/h5-15H2,1-4H3,(H,19,20). The fraction of sp³-hybridized carbons (Fsp3) is 0.889. The van der Waals surface area contributed by atoms with E-state index in [-0.39, 0.29) is 11.6 Å². The van der Waals surface area contributed by atoms with Crippen molar-refractivity contribution in [2.75, 3.05) is 73.2 Å². The lowest BCUT2D eigenvalue weighted by atomic mass is 9.89. The summed E-state index contributed by atoms with van der Waals surface area (Å²) >= 11 is 0. The van der Waals surface area contributed by atoms with Crippen LogP contribution in [0.3, 0.4) is 0 Å². The van der Waals surface area contributed by atoms with Crippen molar-refractivity contribution in [1.29, 1.82) is 0 Å². The van der Waals surface area contributed by atoms with E-state index in [2.05, 4.69) is 36.1 Å². The first-order valence-corrected chi connectivity index (χ1v) is 9.72. The van der Waals surface area contributed by atoms with E-state index in [0.717, 1.165) is 58.2 Å². The third kappa shape index (κ3) is 5.23. The topological polar surface area (TPSA) is 69.6 Å². The van der Waals surface area contributed by atoms with Gasteiger partial charge in [0, 0.05) is 51.5 Å². The van der Waals surface area contributed by atoms with E-state index in [1.165, 1.54) is 0 Å². The van der Waals surface area contributed by atoms with Crippen LogP contribution in [-0.4, -0.2) is 105 Å². The summed E-state index contributed by atoms with van der Waals surface area (Å²) in [7, 11) is 4.26. The van der Waals surface area contributed by atoms with E-state index < -0.39 is 0 Å². The van der Waals surface area contributed by atoms with Crippen molar-refractivity contribution < 1.29 is 14.3 Å². The van der Waals surface area contributed by atoms with Gasteiger partial charge in [-0.25, -0.2) is 4.79 Å². The number of ether oxygens (including phenoxy) is 2. The minimum Gasteiger partial charge on any atom is -0.450 e. The van der Waals surface area contributed by atoms with E-state index in [0.29, 0.717) is 19.7 Å². The molecule has 2 fully saturated rings. The SMILES string of the molecule is CCNC(=NCC1(N(C)C)CCOCC1)N1CCN(C(=O)OCC)CC1. The highest BCUT2D eigenvalue weighted by molar-refractivity contribution is 5.80. The molecule has 0 atom stereocenters. The third-order valence-corrected chi connectivity index (χ3v) is 5.34. The van der Waals surface area contributed by atoms with Crippen LogP contribution in [0.4, 0.5) is 4.79 Å². The Bertz CT molecular complexity index is 469. The number of carbonyl (C=O) groups is 1. The highest BCUT2D eigenvalue weighted by Crippen LogP contribution is 2.26. The number of nitrogens with zero attached hydrogens (tertiary/aromatic N) is 4. The number of nitrogens with one attached hydrogen (secondary N) is 1. The first kappa shape index (κ1) is 20.8. The molecule has 2 aliphatic heterocycles. The monoisotopic (exact) mass is 369 g/mol. The van der Waals surface area contributed by atoms with Crippen molar-refractivity contribution in [2.24, 2.45) is 4.99 Å². The van der Waals surface area contributed by atoms with Gasteiger partial charge in [0.25, 0.3) is 0 Å². The van der Waals surface area contributed by atoms with Gasteiger partial charge in [0.15, 0.2) is 5.96 Å². The number of rotatable bonds is 5. The maximum atomic E-state index is 11.9. The summed E-state index contributed by atoms with van der Waals surface area (Å²) < 4.78 is 10.6. The zero-order chi connectivity index (χ0) is 19.0. The summed E-state index contributed by atoms with van der Waals surface area (Å²) in [6.07, 6.45) is 1.78. The van der Waals surface area contributed by atoms with Gasteiger partial charge in [0.2, 0.25) is 0 Å². The van der Waals surface area contributed by atoms with Crippen LogP contribution < -0.4 is 5.32 Å². The second-order valence-electron chi connectivity index (χ2n) is 7.07. The van der Waals surface area contributed by atoms with E-state index >= 15 is 0 Å². The second-order valence-corrected chi connectivity index (χ2v) is 7.07. The molecule has 0 aromatic rings. The third-order valence-electron chi connectivity index (χ3n) is 5.34. The van der Waals surface area contributed by atoms with Gasteiger partial charge in [-0.3, -0.25) is 4.99 Å². The quantitative estimate of drug-likeness (QED) is 0.572. The zero-order valence-electron chi connectivity index (χ0n) is 16.8. The number of amides is 1. The fourth-order valence-electron chi connectivity index (χ4n) is 3.46. The lowest BCUT2D eigenvalue weighted by Crippen LogP contribution is -2.55. The molecule has 1 amide bonds. The maximum absolute atomic E-state index is 11.9. The predicted molar refractivity (Wildman–Crippen MR) is 103 cm³/mol. The lowest BCUT2D eigenvalue weighted by molar-refractivity contribution is -0.00267. The minimum absolute atomic E-state index is 0.0612. The summed E-state index contributed by atoms with van der Waals surface area (Å²) in [6.45, 7) is 10.4. The molecule has 26 heavy (non-hydrogen) atoms. The first-order chi connectivity index (χ1) is 12.5. The van der Waals surface area contributed by atoms with Crippen LogP contribution in [0.25, 0.3) is 0 Å². The van der Waals surface area contributed by atoms with E-state index in [4.69, 9.17) is 14.5 Å². The largest absolute Gasteiger partial charge is 0.450 e. The van der Waals surface area contributed by atoms with Crippen molar-refractivity contribution in [1.82, 2.24) is 20.0 Å². The number of guanidine groups is 1. The second kappa shape index (κ2) is 9.97. The summed E-state index contributed by atoms with van der Waals surface area (Å²) in [5.74, 6) is 0.934. The smallest absolute Gasteiger partial charge is 0.409 e. The number of aliphatic imine (C=N–C) groups is 1. The van der Waals surface area contributed by atoms with Crippen LogP contribution in [-0.2, 0) is 9.47 Å². The fourth-order valence-corrected chi connectivity index (χ4v) is 3.46. The summed E-state index contributed by atoms with van der Waals surface area (Å²) in [4.78, 5) is 23.1. The molecule has 0 saturated carbocycles. The average molecular weight is 370 g/mol. The molecule has 8 nitrogen and oxygen atoms in total. The van der Waals surface area contributed by atoms with Gasteiger partial charge in [0.1, 0.15) is 0 Å². The molecule has 2 aliphatic rings. The van der Waals surface area contributed by atoms with Crippen LogP contribution in [0.1, 0.15) is 26.7 Å². The molecule has 2 heterocycles. The number of carbonyl (C=O) groups excluding carboxylic acids is 1. The van der Waals surface area contributed by atoms with Crippen molar-refractivity contribution in [3.05, 3.63) is 0 Å². The zero-order valence-corrected chi connectivity index (χ0v) is 16.8. The first-order valence-electron chi connectivity index (χ1n) is 9.72. The Labute approximate surface area is 157 Å². The Hall–Kier alpha value is -1.54. The van der Waals surface area contributed by atoms with Crippen LogP contribution in [0.15, 0.2) is 4.99 Å². The summed E-state index contributed by atoms with van der Waals surface area (Å²) in [6, 6.07) is 0. The van der Waals surface area contributed by atoms with E-state index in [9.17, 15) is 4.79 Å². The van der Waals surface area contributed by atoms with E-state index in [1.54, 1.807) is 4.90 Å². The Balaban J connectivity index is 1.99. The molecule has 0 spiro atoms. The van der Waals surface area contributed by atoms with Crippen molar-refractivity contribution >= 4 is 12.1 Å². The number of hydrogen-bond donors (Lipinski definition) is 1. The molecule has 0 unspecified atom stereocenters. The van der Waals surface area contributed by atoms with Gasteiger partial charge in [-0.05, 0) is 40.8 Å². The van der Waals surface area contributed by atoms with Crippen molar-refractivity contribution in [3.63, 3.8) is 0 Å². The Morgan fingerprint density at radius 3 is 2.31 bits per heavy atom. The van der Waals surface area contributed by atoms with Gasteiger partial charge >= 0.3 is 6.09 Å². The lowest BCUT2D eigenvalue weighted by Gasteiger charge is -2.42. The molecule has 8 heteroatoms. The van der Waals surface area contributed by atoms with Gasteiger partial charge in [0.05, 0.1) is 13.2 Å². The number of piperazine rings is 1. The number of hydrogen-bond acceptors (Lipinski definition) is 5. The van der Waals surface area contributed by atoms with E-state index in [1.807, 2.05) is 6.92 Å². The van der Waals surface area contributed by atoms with Crippen LogP contribution in [0.5, 0.6) is 0 Å². The molecule has 2 rings (SSSR count). The molecular weight excluding hydrogens is 334 g/mol. The van der Waals surface area contributed by atoms with Crippen molar-refractivity contribution in [2.45, 2.75) is 32.2 Å². The maximum Gasteiger partial charge on any atom is 0.409 e. The van der Waals surface area contributed by atoms with Gasteiger partial charge < -0.3 is 29.5 Å². The van der Waals surface area contributed by atoms with Crippen LogP contribution in [0.2, 0.25) is 0 Å². The summed E-state index contributed by atoms with van der Waals surface area (Å²) in [5, 5.41) is 3.41. The molecular formula is C18H35N5O3. The Kier molecular flexibility index (Phi) is 7.96. The molecule has 0 bridgehead atoms. The van der Waals surface area contributed by atoms with Gasteiger partial charge in [-0.2, -0.15) is 0 Å². The molecule has 2 saturated heterocycles. The normalized spacial score (nSPS) is 21.0. The van der Waals surface area contributed by atoms with Crippen LogP contribution in [0, 0.1) is 0 Å². The molecule has 0 aromatic heterocycles. The predicted octanol–water partition coefficient (Wildman–Crippen LogP) is 0.837. The number of likely N-dealkylation sites (N-methyl/N-ethyl adjacent to an activating group) is 1. The molecule has 0 aliphatic carbocycles. The van der Waals surface area contributed by atoms with Crippen molar-refractivity contribution in [3.8, 4) is 0 Å². The molecule has 1 N–H and O–H groups in total. The molecule has 0 radical (unpaired) electrons. The highest BCUT2D eigenvalue weighted by Gasteiger charge is 2.35. The van der Waals surface area contributed by atoms with Crippen LogP contribution >= 0.6 is 0 Å². The summed E-state index contributed by atoms with van der Waals surface area (Å²) in [5.41, 5.74) is 0.0612. The minimum atomic E-state index is -0.220. The van der Waals surface area contributed by atoms with Gasteiger partial charge in [-0.1, -0.05) is 0 Å². The average Bonchev–Trinajstić information content (AvgIpc) is 2.66. The Morgan fingerprint density at radius 1 is 1.15 bits per heavy atom. The van der Waals surface area contributed by atoms with Gasteiger partial charge in [-0.15, -0.1) is 0 Å². The molecule has 150 valence electrons. The highest BCUT2D eigenvalue weighted by atomic mass is 16.6. The Morgan fingerprint density at radius 2 is 1.77 bits per heavy atom.